The molecule has 1 heterocycles. The smallest absolute Gasteiger partial charge is 0.250 e. The summed E-state index contributed by atoms with van der Waals surface area (Å²) in [5.41, 5.74) is 14.8. The SMILES string of the molecule is NC(=O)c1ccc(-c2cccc(N)c2)c2cn[nH]c12. The summed E-state index contributed by atoms with van der Waals surface area (Å²) in [6.07, 6.45) is 1.68. The highest BCUT2D eigenvalue weighted by molar-refractivity contribution is 6.08. The number of hydrogen-bond acceptors (Lipinski definition) is 3. The van der Waals surface area contributed by atoms with Crippen molar-refractivity contribution < 1.29 is 4.79 Å². The van der Waals surface area contributed by atoms with Gasteiger partial charge in [-0.25, -0.2) is 0 Å². The van der Waals surface area contributed by atoms with Gasteiger partial charge in [-0.1, -0.05) is 18.2 Å². The Labute approximate surface area is 109 Å². The highest BCUT2D eigenvalue weighted by Gasteiger charge is 2.12. The first-order chi connectivity index (χ1) is 9.16. The number of primary amides is 1. The van der Waals surface area contributed by atoms with Gasteiger partial charge in [0.2, 0.25) is 0 Å². The second-order valence-corrected chi connectivity index (χ2v) is 4.31. The maximum absolute atomic E-state index is 11.4. The Morgan fingerprint density at radius 1 is 1.21 bits per heavy atom. The second-order valence-electron chi connectivity index (χ2n) is 4.31. The van der Waals surface area contributed by atoms with Crippen molar-refractivity contribution in [2.24, 2.45) is 5.73 Å². The minimum absolute atomic E-state index is 0.431. The molecule has 1 amide bonds. The summed E-state index contributed by atoms with van der Waals surface area (Å²) >= 11 is 0. The van der Waals surface area contributed by atoms with Crippen molar-refractivity contribution in [3.8, 4) is 11.1 Å². The average molecular weight is 252 g/mol. The Balaban J connectivity index is 2.29. The van der Waals surface area contributed by atoms with Crippen molar-refractivity contribution in [1.29, 1.82) is 0 Å². The van der Waals surface area contributed by atoms with Crippen LogP contribution in [0.25, 0.3) is 22.0 Å². The molecule has 1 aromatic heterocycles. The molecule has 0 saturated heterocycles. The molecule has 0 aliphatic carbocycles. The average Bonchev–Trinajstić information content (AvgIpc) is 2.86. The number of amides is 1. The molecule has 0 aliphatic heterocycles. The second kappa shape index (κ2) is 4.13. The lowest BCUT2D eigenvalue weighted by Crippen LogP contribution is -2.11. The Morgan fingerprint density at radius 3 is 2.79 bits per heavy atom. The fourth-order valence-electron chi connectivity index (χ4n) is 2.20. The monoisotopic (exact) mass is 252 g/mol. The zero-order chi connectivity index (χ0) is 13.4. The van der Waals surface area contributed by atoms with Crippen molar-refractivity contribution in [1.82, 2.24) is 10.2 Å². The van der Waals surface area contributed by atoms with E-state index in [-0.39, 0.29) is 0 Å². The van der Waals surface area contributed by atoms with Gasteiger partial charge in [0.25, 0.3) is 5.91 Å². The summed E-state index contributed by atoms with van der Waals surface area (Å²) in [6.45, 7) is 0. The van der Waals surface area contributed by atoms with Crippen LogP contribution in [0.4, 0.5) is 5.69 Å². The zero-order valence-electron chi connectivity index (χ0n) is 10.1. The van der Waals surface area contributed by atoms with Crippen LogP contribution in [0.2, 0.25) is 0 Å². The summed E-state index contributed by atoms with van der Waals surface area (Å²) in [6, 6.07) is 11.1. The van der Waals surface area contributed by atoms with Gasteiger partial charge >= 0.3 is 0 Å². The number of benzene rings is 2. The number of anilines is 1. The lowest BCUT2D eigenvalue weighted by molar-refractivity contribution is 0.100. The molecule has 3 rings (SSSR count). The summed E-state index contributed by atoms with van der Waals surface area (Å²) in [5, 5.41) is 7.65. The number of nitrogens with one attached hydrogen (secondary N) is 1. The van der Waals surface area contributed by atoms with Crippen molar-refractivity contribution in [3.63, 3.8) is 0 Å². The molecule has 5 heteroatoms. The van der Waals surface area contributed by atoms with Crippen molar-refractivity contribution in [2.75, 3.05) is 5.73 Å². The topological polar surface area (TPSA) is 97.8 Å². The van der Waals surface area contributed by atoms with Gasteiger partial charge in [-0.3, -0.25) is 9.89 Å². The third-order valence-electron chi connectivity index (χ3n) is 3.08. The van der Waals surface area contributed by atoms with E-state index in [9.17, 15) is 4.79 Å². The summed E-state index contributed by atoms with van der Waals surface area (Å²) in [5.74, 6) is -0.478. The van der Waals surface area contributed by atoms with E-state index >= 15 is 0 Å². The molecule has 94 valence electrons. The quantitative estimate of drug-likeness (QED) is 0.607. The molecule has 5 N–H and O–H groups in total. The maximum atomic E-state index is 11.4. The van der Waals surface area contributed by atoms with E-state index in [4.69, 9.17) is 11.5 Å². The number of nitrogens with zero attached hydrogens (tertiary/aromatic N) is 1. The molecular weight excluding hydrogens is 240 g/mol. The molecule has 0 aliphatic rings. The van der Waals surface area contributed by atoms with Crippen LogP contribution >= 0.6 is 0 Å². The summed E-state index contributed by atoms with van der Waals surface area (Å²) in [7, 11) is 0. The van der Waals surface area contributed by atoms with Crippen LogP contribution < -0.4 is 11.5 Å². The zero-order valence-corrected chi connectivity index (χ0v) is 10.1. The highest BCUT2D eigenvalue weighted by atomic mass is 16.1. The molecular formula is C14H12N4O. The van der Waals surface area contributed by atoms with Crippen LogP contribution in [0.15, 0.2) is 42.6 Å². The number of nitrogens with two attached hydrogens (primary N) is 2. The molecule has 0 fully saturated rings. The summed E-state index contributed by atoms with van der Waals surface area (Å²) < 4.78 is 0. The van der Waals surface area contributed by atoms with Crippen molar-refractivity contribution >= 4 is 22.5 Å². The minimum Gasteiger partial charge on any atom is -0.399 e. The Bertz CT molecular complexity index is 776. The fourth-order valence-corrected chi connectivity index (χ4v) is 2.20. The molecule has 0 saturated carbocycles. The van der Waals surface area contributed by atoms with Crippen LogP contribution in [-0.2, 0) is 0 Å². The van der Waals surface area contributed by atoms with E-state index in [0.29, 0.717) is 16.8 Å². The molecule has 0 spiro atoms. The number of aromatic nitrogens is 2. The predicted octanol–water partition coefficient (Wildman–Crippen LogP) is 1.91. The largest absolute Gasteiger partial charge is 0.399 e. The van der Waals surface area contributed by atoms with Gasteiger partial charge in [0.1, 0.15) is 0 Å². The molecule has 3 aromatic rings. The van der Waals surface area contributed by atoms with E-state index in [0.717, 1.165) is 16.5 Å². The van der Waals surface area contributed by atoms with Gasteiger partial charge in [0.15, 0.2) is 0 Å². The number of carbonyl (C=O) groups excluding carboxylic acids is 1. The predicted molar refractivity (Wildman–Crippen MR) is 74.5 cm³/mol. The van der Waals surface area contributed by atoms with Crippen LogP contribution in [-0.4, -0.2) is 16.1 Å². The van der Waals surface area contributed by atoms with Gasteiger partial charge in [-0.15, -0.1) is 0 Å². The number of nitrogen functional groups attached to an aromatic ring is 1. The molecule has 5 nitrogen and oxygen atoms in total. The highest BCUT2D eigenvalue weighted by Crippen LogP contribution is 2.30. The lowest BCUT2D eigenvalue weighted by atomic mass is 9.99. The van der Waals surface area contributed by atoms with E-state index < -0.39 is 5.91 Å². The Morgan fingerprint density at radius 2 is 2.05 bits per heavy atom. The first-order valence-electron chi connectivity index (χ1n) is 5.78. The number of rotatable bonds is 2. The van der Waals surface area contributed by atoms with Gasteiger partial charge in [0.05, 0.1) is 17.3 Å². The third-order valence-corrected chi connectivity index (χ3v) is 3.08. The Kier molecular flexibility index (Phi) is 2.45. The van der Waals surface area contributed by atoms with Crippen LogP contribution in [0.5, 0.6) is 0 Å². The first-order valence-corrected chi connectivity index (χ1v) is 5.78. The molecule has 0 radical (unpaired) electrons. The van der Waals surface area contributed by atoms with E-state index in [1.165, 1.54) is 0 Å². The normalized spacial score (nSPS) is 10.7. The van der Waals surface area contributed by atoms with Gasteiger partial charge in [-0.05, 0) is 29.3 Å². The van der Waals surface area contributed by atoms with Crippen molar-refractivity contribution in [2.45, 2.75) is 0 Å². The molecule has 2 aromatic carbocycles. The number of carbonyl (C=O) groups is 1. The van der Waals surface area contributed by atoms with Gasteiger partial charge in [-0.2, -0.15) is 5.10 Å². The third kappa shape index (κ3) is 1.81. The van der Waals surface area contributed by atoms with Crippen LogP contribution in [0, 0.1) is 0 Å². The van der Waals surface area contributed by atoms with Crippen LogP contribution in [0.3, 0.4) is 0 Å². The minimum atomic E-state index is -0.478. The molecule has 0 bridgehead atoms. The van der Waals surface area contributed by atoms with E-state index in [2.05, 4.69) is 10.2 Å². The summed E-state index contributed by atoms with van der Waals surface area (Å²) in [4.78, 5) is 11.4. The van der Waals surface area contributed by atoms with Gasteiger partial charge in [0, 0.05) is 11.1 Å². The number of fused-ring (bicyclic) bond motifs is 1. The molecule has 0 unspecified atom stereocenters. The number of aromatic amines is 1. The molecule has 0 atom stereocenters. The lowest BCUT2D eigenvalue weighted by Gasteiger charge is -2.06. The van der Waals surface area contributed by atoms with E-state index in [1.54, 1.807) is 12.3 Å². The number of hydrogen-bond donors (Lipinski definition) is 3. The maximum Gasteiger partial charge on any atom is 0.250 e. The standard InChI is InChI=1S/C14H12N4O/c15-9-3-1-2-8(6-9)10-4-5-11(14(16)19)13-12(10)7-17-18-13/h1-7H,15H2,(H2,16,19)(H,17,18). The fraction of sp³-hybridized carbons (Fsp3) is 0. The van der Waals surface area contributed by atoms with Gasteiger partial charge < -0.3 is 11.5 Å². The van der Waals surface area contributed by atoms with E-state index in [1.807, 2.05) is 30.3 Å². The Hall–Kier alpha value is -2.82. The first kappa shape index (κ1) is 11.3. The van der Waals surface area contributed by atoms with Crippen molar-refractivity contribution in [3.05, 3.63) is 48.2 Å². The van der Waals surface area contributed by atoms with Crippen LogP contribution in [0.1, 0.15) is 10.4 Å². The molecule has 19 heavy (non-hydrogen) atoms. The number of H-pyrrole nitrogens is 1.